The van der Waals surface area contributed by atoms with Crippen molar-refractivity contribution in [3.63, 3.8) is 0 Å². The van der Waals surface area contributed by atoms with Crippen LogP contribution in [-0.2, 0) is 4.79 Å². The fourth-order valence-corrected chi connectivity index (χ4v) is 1.90. The zero-order valence-corrected chi connectivity index (χ0v) is 11.4. The van der Waals surface area contributed by atoms with Crippen LogP contribution in [0, 0.1) is 0 Å². The lowest BCUT2D eigenvalue weighted by atomic mass is 10.0. The van der Waals surface area contributed by atoms with E-state index in [4.69, 9.17) is 5.73 Å². The SMILES string of the molecule is CCC(NC(=O)CCCN)c1ccccc1OC(F)F. The molecule has 0 aromatic heterocycles. The van der Waals surface area contributed by atoms with Gasteiger partial charge in [0, 0.05) is 12.0 Å². The van der Waals surface area contributed by atoms with Crippen LogP contribution >= 0.6 is 0 Å². The first-order valence-electron chi connectivity index (χ1n) is 6.61. The van der Waals surface area contributed by atoms with Crippen molar-refractivity contribution in [3.05, 3.63) is 29.8 Å². The third-order valence-electron chi connectivity index (χ3n) is 2.86. The third kappa shape index (κ3) is 5.13. The molecule has 1 rings (SSSR count). The number of nitrogens with two attached hydrogens (primary N) is 1. The number of halogens is 2. The number of ether oxygens (including phenoxy) is 1. The van der Waals surface area contributed by atoms with E-state index in [2.05, 4.69) is 10.1 Å². The predicted molar refractivity (Wildman–Crippen MR) is 72.5 cm³/mol. The van der Waals surface area contributed by atoms with Gasteiger partial charge in [0.2, 0.25) is 5.91 Å². The van der Waals surface area contributed by atoms with Gasteiger partial charge in [-0.2, -0.15) is 8.78 Å². The van der Waals surface area contributed by atoms with Gasteiger partial charge >= 0.3 is 6.61 Å². The molecule has 0 heterocycles. The number of para-hydroxylation sites is 1. The van der Waals surface area contributed by atoms with Crippen LogP contribution in [0.2, 0.25) is 0 Å². The van der Waals surface area contributed by atoms with E-state index in [9.17, 15) is 13.6 Å². The van der Waals surface area contributed by atoms with Gasteiger partial charge in [-0.05, 0) is 25.5 Å². The molecule has 6 heteroatoms. The summed E-state index contributed by atoms with van der Waals surface area (Å²) in [5.74, 6) is -0.0531. The second-order valence-electron chi connectivity index (χ2n) is 4.34. The number of alkyl halides is 2. The molecule has 1 amide bonds. The number of amides is 1. The first-order chi connectivity index (χ1) is 9.58. The highest BCUT2D eigenvalue weighted by Crippen LogP contribution is 2.28. The van der Waals surface area contributed by atoms with Gasteiger partial charge in [0.15, 0.2) is 0 Å². The van der Waals surface area contributed by atoms with Gasteiger partial charge in [-0.25, -0.2) is 0 Å². The Labute approximate surface area is 117 Å². The van der Waals surface area contributed by atoms with Crippen molar-refractivity contribution in [1.29, 1.82) is 0 Å². The summed E-state index contributed by atoms with van der Waals surface area (Å²) in [4.78, 5) is 11.7. The molecule has 1 aromatic carbocycles. The van der Waals surface area contributed by atoms with Gasteiger partial charge in [-0.3, -0.25) is 4.79 Å². The van der Waals surface area contributed by atoms with Crippen LogP contribution in [-0.4, -0.2) is 19.1 Å². The minimum atomic E-state index is -2.89. The molecule has 0 aliphatic carbocycles. The molecule has 4 nitrogen and oxygen atoms in total. The zero-order chi connectivity index (χ0) is 15.0. The summed E-state index contributed by atoms with van der Waals surface area (Å²) in [6.07, 6.45) is 1.50. The van der Waals surface area contributed by atoms with Crippen molar-refractivity contribution in [2.24, 2.45) is 5.73 Å². The summed E-state index contributed by atoms with van der Waals surface area (Å²) in [5.41, 5.74) is 5.90. The minimum absolute atomic E-state index is 0.0912. The molecule has 1 aromatic rings. The number of carbonyl (C=O) groups excluding carboxylic acids is 1. The van der Waals surface area contributed by atoms with Crippen molar-refractivity contribution < 1.29 is 18.3 Å². The number of carbonyl (C=O) groups is 1. The van der Waals surface area contributed by atoms with Crippen LogP contribution in [0.4, 0.5) is 8.78 Å². The van der Waals surface area contributed by atoms with Crippen LogP contribution in [0.25, 0.3) is 0 Å². The van der Waals surface area contributed by atoms with Gasteiger partial charge in [-0.15, -0.1) is 0 Å². The number of hydrogen-bond donors (Lipinski definition) is 2. The highest BCUT2D eigenvalue weighted by Gasteiger charge is 2.18. The van der Waals surface area contributed by atoms with Gasteiger partial charge in [0.05, 0.1) is 6.04 Å². The lowest BCUT2D eigenvalue weighted by molar-refractivity contribution is -0.121. The van der Waals surface area contributed by atoms with E-state index in [0.717, 1.165) is 0 Å². The molecule has 0 aliphatic heterocycles. The minimum Gasteiger partial charge on any atom is -0.434 e. The number of benzene rings is 1. The average molecular weight is 286 g/mol. The largest absolute Gasteiger partial charge is 0.434 e. The quantitative estimate of drug-likeness (QED) is 0.772. The van der Waals surface area contributed by atoms with E-state index in [-0.39, 0.29) is 17.7 Å². The summed E-state index contributed by atoms with van der Waals surface area (Å²) in [6, 6.07) is 6.13. The lowest BCUT2D eigenvalue weighted by Gasteiger charge is -2.20. The van der Waals surface area contributed by atoms with Crippen molar-refractivity contribution in [1.82, 2.24) is 5.32 Å². The van der Waals surface area contributed by atoms with E-state index in [1.54, 1.807) is 18.2 Å². The van der Waals surface area contributed by atoms with Crippen LogP contribution in [0.1, 0.15) is 37.8 Å². The Hall–Kier alpha value is -1.69. The summed E-state index contributed by atoms with van der Waals surface area (Å²) in [7, 11) is 0. The molecule has 0 radical (unpaired) electrons. The first kappa shape index (κ1) is 16.4. The molecule has 112 valence electrons. The Morgan fingerprint density at radius 2 is 2.10 bits per heavy atom. The Balaban J connectivity index is 2.81. The van der Waals surface area contributed by atoms with Gasteiger partial charge in [0.1, 0.15) is 5.75 Å². The van der Waals surface area contributed by atoms with Crippen molar-refractivity contribution >= 4 is 5.91 Å². The van der Waals surface area contributed by atoms with Gasteiger partial charge < -0.3 is 15.8 Å². The molecule has 0 saturated carbocycles. The standard InChI is InChI=1S/C14H20F2N2O2/c1-2-11(18-13(19)8-5-9-17)10-6-3-4-7-12(10)20-14(15)16/h3-4,6-7,11,14H,2,5,8-9,17H2,1H3,(H,18,19). The maximum absolute atomic E-state index is 12.4. The van der Waals surface area contributed by atoms with Gasteiger partial charge in [-0.1, -0.05) is 25.1 Å². The fraction of sp³-hybridized carbons (Fsp3) is 0.500. The van der Waals surface area contributed by atoms with Crippen LogP contribution in [0.15, 0.2) is 24.3 Å². The van der Waals surface area contributed by atoms with Crippen molar-refractivity contribution in [2.75, 3.05) is 6.54 Å². The van der Waals surface area contributed by atoms with E-state index in [1.807, 2.05) is 6.92 Å². The van der Waals surface area contributed by atoms with E-state index < -0.39 is 6.61 Å². The summed E-state index contributed by atoms with van der Waals surface area (Å²) < 4.78 is 29.2. The van der Waals surface area contributed by atoms with E-state index >= 15 is 0 Å². The molecular weight excluding hydrogens is 266 g/mol. The molecule has 0 saturated heterocycles. The smallest absolute Gasteiger partial charge is 0.387 e. The van der Waals surface area contributed by atoms with Gasteiger partial charge in [0.25, 0.3) is 0 Å². The Morgan fingerprint density at radius 1 is 1.40 bits per heavy atom. The topological polar surface area (TPSA) is 64.4 Å². The normalized spacial score (nSPS) is 12.2. The molecule has 1 unspecified atom stereocenters. The summed E-state index contributed by atoms with van der Waals surface area (Å²) >= 11 is 0. The molecule has 0 spiro atoms. The zero-order valence-electron chi connectivity index (χ0n) is 11.4. The molecule has 0 fully saturated rings. The highest BCUT2D eigenvalue weighted by molar-refractivity contribution is 5.76. The van der Waals surface area contributed by atoms with Crippen molar-refractivity contribution in [3.8, 4) is 5.75 Å². The Kier molecular flexibility index (Phi) is 6.93. The number of nitrogens with one attached hydrogen (secondary N) is 1. The second kappa shape index (κ2) is 8.47. The maximum Gasteiger partial charge on any atom is 0.387 e. The number of hydrogen-bond acceptors (Lipinski definition) is 3. The van der Waals surface area contributed by atoms with Crippen LogP contribution in [0.5, 0.6) is 5.75 Å². The molecule has 20 heavy (non-hydrogen) atoms. The average Bonchev–Trinajstić information content (AvgIpc) is 2.42. The van der Waals surface area contributed by atoms with Crippen molar-refractivity contribution in [2.45, 2.75) is 38.8 Å². The second-order valence-corrected chi connectivity index (χ2v) is 4.34. The monoisotopic (exact) mass is 286 g/mol. The van der Waals surface area contributed by atoms with Crippen LogP contribution < -0.4 is 15.8 Å². The Bertz CT molecular complexity index is 427. The third-order valence-corrected chi connectivity index (χ3v) is 2.86. The molecule has 1 atom stereocenters. The predicted octanol–water partition coefficient (Wildman–Crippen LogP) is 2.59. The Morgan fingerprint density at radius 3 is 2.70 bits per heavy atom. The summed E-state index contributed by atoms with van der Waals surface area (Å²) in [6.45, 7) is -0.580. The highest BCUT2D eigenvalue weighted by atomic mass is 19.3. The van der Waals surface area contributed by atoms with Crippen LogP contribution in [0.3, 0.4) is 0 Å². The van der Waals surface area contributed by atoms with E-state index in [1.165, 1.54) is 6.07 Å². The molecular formula is C14H20F2N2O2. The van der Waals surface area contributed by atoms with E-state index in [0.29, 0.717) is 31.4 Å². The first-order valence-corrected chi connectivity index (χ1v) is 6.61. The molecule has 0 bridgehead atoms. The molecule has 3 N–H and O–H groups in total. The maximum atomic E-state index is 12.4. The number of rotatable bonds is 8. The summed E-state index contributed by atoms with van der Waals surface area (Å²) in [5, 5.41) is 2.81. The molecule has 0 aliphatic rings. The fourth-order valence-electron chi connectivity index (χ4n) is 1.90. The lowest BCUT2D eigenvalue weighted by Crippen LogP contribution is -2.28.